The summed E-state index contributed by atoms with van der Waals surface area (Å²) in [5, 5.41) is 0.795. The van der Waals surface area contributed by atoms with Gasteiger partial charge >= 0.3 is 0 Å². The van der Waals surface area contributed by atoms with Gasteiger partial charge in [-0.05, 0) is 12.0 Å². The van der Waals surface area contributed by atoms with Crippen LogP contribution in [0.1, 0.15) is 18.4 Å². The minimum atomic E-state index is -0.123. The minimum absolute atomic E-state index is 0.0572. The van der Waals surface area contributed by atoms with E-state index in [-0.39, 0.29) is 17.6 Å². The van der Waals surface area contributed by atoms with E-state index in [4.69, 9.17) is 0 Å². The summed E-state index contributed by atoms with van der Waals surface area (Å²) >= 11 is 1.38. The number of imide groups is 1. The summed E-state index contributed by atoms with van der Waals surface area (Å²) < 4.78 is 2.01. The Kier molecular flexibility index (Phi) is 4.58. The van der Waals surface area contributed by atoms with Gasteiger partial charge in [0.25, 0.3) is 0 Å². The number of carbonyl (C=O) groups is 2. The zero-order valence-electron chi connectivity index (χ0n) is 12.1. The molecule has 2 aromatic rings. The van der Waals surface area contributed by atoms with Crippen LogP contribution in [-0.4, -0.2) is 38.6 Å². The van der Waals surface area contributed by atoms with Gasteiger partial charge in [0.1, 0.15) is 0 Å². The first-order valence-electron chi connectivity index (χ1n) is 7.25. The number of thioether (sulfide) groups is 1. The van der Waals surface area contributed by atoms with Crippen molar-refractivity contribution < 1.29 is 9.59 Å². The topological polar surface area (TPSA) is 55.2 Å². The van der Waals surface area contributed by atoms with Gasteiger partial charge in [-0.3, -0.25) is 14.5 Å². The Bertz CT molecular complexity index is 669. The molecule has 1 aromatic carbocycles. The molecule has 22 heavy (non-hydrogen) atoms. The lowest BCUT2D eigenvalue weighted by Gasteiger charge is -2.13. The van der Waals surface area contributed by atoms with E-state index in [1.165, 1.54) is 22.2 Å². The van der Waals surface area contributed by atoms with Crippen LogP contribution in [0, 0.1) is 0 Å². The van der Waals surface area contributed by atoms with Crippen LogP contribution in [0.2, 0.25) is 0 Å². The van der Waals surface area contributed by atoms with E-state index in [2.05, 4.69) is 17.1 Å². The largest absolute Gasteiger partial charge is 0.322 e. The molecule has 1 fully saturated rings. The summed E-state index contributed by atoms with van der Waals surface area (Å²) in [6.07, 6.45) is 4.90. The minimum Gasteiger partial charge on any atom is -0.322 e. The predicted octanol–water partition coefficient (Wildman–Crippen LogP) is 2.17. The third-order valence-corrected chi connectivity index (χ3v) is 4.56. The smallest absolute Gasteiger partial charge is 0.239 e. The molecule has 2 heterocycles. The van der Waals surface area contributed by atoms with Crippen molar-refractivity contribution in [2.45, 2.75) is 24.5 Å². The van der Waals surface area contributed by atoms with E-state index < -0.39 is 0 Å². The molecule has 0 unspecified atom stereocenters. The molecule has 0 bridgehead atoms. The molecule has 1 aliphatic rings. The summed E-state index contributed by atoms with van der Waals surface area (Å²) in [6.45, 7) is 1.27. The molecule has 0 spiro atoms. The first-order valence-corrected chi connectivity index (χ1v) is 8.23. The summed E-state index contributed by atoms with van der Waals surface area (Å²) in [5.41, 5.74) is 1.18. The Morgan fingerprint density at radius 3 is 2.82 bits per heavy atom. The lowest BCUT2D eigenvalue weighted by molar-refractivity contribution is -0.140. The van der Waals surface area contributed by atoms with Crippen molar-refractivity contribution in [3.63, 3.8) is 0 Å². The highest BCUT2D eigenvalue weighted by Gasteiger charge is 2.26. The Labute approximate surface area is 133 Å². The summed E-state index contributed by atoms with van der Waals surface area (Å²) in [4.78, 5) is 29.3. The number of amides is 2. The van der Waals surface area contributed by atoms with Gasteiger partial charge in [0, 0.05) is 31.9 Å². The first-order chi connectivity index (χ1) is 10.7. The van der Waals surface area contributed by atoms with E-state index in [0.717, 1.165) is 18.1 Å². The van der Waals surface area contributed by atoms with Crippen LogP contribution in [0.4, 0.5) is 0 Å². The maximum Gasteiger partial charge on any atom is 0.239 e. The number of carbonyl (C=O) groups excluding carboxylic acids is 2. The monoisotopic (exact) mass is 315 g/mol. The first kappa shape index (κ1) is 14.8. The van der Waals surface area contributed by atoms with Gasteiger partial charge in [0.15, 0.2) is 5.16 Å². The Hall–Kier alpha value is -2.08. The molecule has 0 atom stereocenters. The van der Waals surface area contributed by atoms with Crippen LogP contribution in [0.3, 0.4) is 0 Å². The number of rotatable bonds is 5. The number of aromatic nitrogens is 2. The number of hydrogen-bond acceptors (Lipinski definition) is 4. The Morgan fingerprint density at radius 1 is 1.27 bits per heavy atom. The van der Waals surface area contributed by atoms with E-state index in [9.17, 15) is 9.59 Å². The number of likely N-dealkylation sites (tertiary alicyclic amines) is 1. The van der Waals surface area contributed by atoms with Gasteiger partial charge in [-0.1, -0.05) is 42.1 Å². The Morgan fingerprint density at radius 2 is 2.09 bits per heavy atom. The van der Waals surface area contributed by atoms with Gasteiger partial charge < -0.3 is 4.57 Å². The van der Waals surface area contributed by atoms with Crippen molar-refractivity contribution in [2.75, 3.05) is 12.3 Å². The molecule has 5 nitrogen and oxygen atoms in total. The lowest BCUT2D eigenvalue weighted by atomic mass is 10.2. The van der Waals surface area contributed by atoms with Crippen LogP contribution in [0.15, 0.2) is 47.9 Å². The summed E-state index contributed by atoms with van der Waals surface area (Å²) in [7, 11) is 0. The van der Waals surface area contributed by atoms with Gasteiger partial charge in [-0.15, -0.1) is 0 Å². The molecule has 1 aliphatic heterocycles. The van der Waals surface area contributed by atoms with E-state index in [0.29, 0.717) is 13.0 Å². The molecular weight excluding hydrogens is 298 g/mol. The SMILES string of the molecule is O=C1CCCN1C(=O)CSc1nccn1Cc1ccccc1. The van der Waals surface area contributed by atoms with Crippen molar-refractivity contribution >= 4 is 23.6 Å². The quantitative estimate of drug-likeness (QED) is 0.794. The average molecular weight is 315 g/mol. The molecule has 0 N–H and O–H groups in total. The van der Waals surface area contributed by atoms with Crippen LogP contribution in [0.5, 0.6) is 0 Å². The van der Waals surface area contributed by atoms with Crippen LogP contribution in [-0.2, 0) is 16.1 Å². The highest BCUT2D eigenvalue weighted by atomic mass is 32.2. The fourth-order valence-electron chi connectivity index (χ4n) is 2.45. The van der Waals surface area contributed by atoms with E-state index in [1.807, 2.05) is 29.0 Å². The third-order valence-electron chi connectivity index (χ3n) is 3.57. The second-order valence-electron chi connectivity index (χ2n) is 5.15. The molecule has 0 saturated carbocycles. The second-order valence-corrected chi connectivity index (χ2v) is 6.10. The summed E-state index contributed by atoms with van der Waals surface area (Å²) in [6, 6.07) is 10.1. The average Bonchev–Trinajstić information content (AvgIpc) is 3.15. The fourth-order valence-corrected chi connectivity index (χ4v) is 3.29. The van der Waals surface area contributed by atoms with Gasteiger partial charge in [-0.2, -0.15) is 0 Å². The van der Waals surface area contributed by atoms with Gasteiger partial charge in [0.05, 0.1) is 5.75 Å². The summed E-state index contributed by atoms with van der Waals surface area (Å²) in [5.74, 6) is 0.0670. The second kappa shape index (κ2) is 6.79. The van der Waals surface area contributed by atoms with Gasteiger partial charge in [-0.25, -0.2) is 4.98 Å². The maximum atomic E-state index is 12.1. The molecule has 114 valence electrons. The maximum absolute atomic E-state index is 12.1. The van der Waals surface area contributed by atoms with Crippen LogP contribution in [0.25, 0.3) is 0 Å². The third kappa shape index (κ3) is 3.39. The number of benzene rings is 1. The zero-order chi connectivity index (χ0) is 15.4. The molecule has 0 radical (unpaired) electrons. The predicted molar refractivity (Wildman–Crippen MR) is 84.4 cm³/mol. The molecule has 1 aromatic heterocycles. The fraction of sp³-hybridized carbons (Fsp3) is 0.312. The van der Waals surface area contributed by atoms with E-state index in [1.54, 1.807) is 6.20 Å². The van der Waals surface area contributed by atoms with Crippen molar-refractivity contribution in [1.29, 1.82) is 0 Å². The van der Waals surface area contributed by atoms with Gasteiger partial charge in [0.2, 0.25) is 11.8 Å². The van der Waals surface area contributed by atoms with Crippen molar-refractivity contribution in [2.24, 2.45) is 0 Å². The molecule has 1 saturated heterocycles. The van der Waals surface area contributed by atoms with Crippen molar-refractivity contribution in [1.82, 2.24) is 14.5 Å². The molecule has 3 rings (SSSR count). The van der Waals surface area contributed by atoms with Crippen molar-refractivity contribution in [3.8, 4) is 0 Å². The Balaban J connectivity index is 1.60. The molecular formula is C16H17N3O2S. The van der Waals surface area contributed by atoms with Crippen molar-refractivity contribution in [3.05, 3.63) is 48.3 Å². The highest BCUT2D eigenvalue weighted by molar-refractivity contribution is 7.99. The van der Waals surface area contributed by atoms with Crippen LogP contribution < -0.4 is 0 Å². The van der Waals surface area contributed by atoms with E-state index >= 15 is 0 Å². The standard InChI is InChI=1S/C16H17N3O2S/c20-14-7-4-9-19(14)15(21)12-22-16-17-8-10-18(16)11-13-5-2-1-3-6-13/h1-3,5-6,8,10H,4,7,9,11-12H2. The normalized spacial score (nSPS) is 14.5. The molecule has 6 heteroatoms. The number of hydrogen-bond donors (Lipinski definition) is 0. The van der Waals surface area contributed by atoms with Crippen LogP contribution >= 0.6 is 11.8 Å². The molecule has 2 amide bonds. The zero-order valence-corrected chi connectivity index (χ0v) is 13.0. The number of imidazole rings is 1. The molecule has 0 aliphatic carbocycles. The number of nitrogens with zero attached hydrogens (tertiary/aromatic N) is 3. The highest BCUT2D eigenvalue weighted by Crippen LogP contribution is 2.19. The lowest BCUT2D eigenvalue weighted by Crippen LogP contribution is -2.33.